The Morgan fingerprint density at radius 2 is 1.84 bits per heavy atom. The number of rotatable bonds is 8. The normalized spacial score (nSPS) is 28.3. The van der Waals surface area contributed by atoms with Gasteiger partial charge in [0.15, 0.2) is 0 Å². The summed E-state index contributed by atoms with van der Waals surface area (Å²) in [5.74, 6) is 1.70. The SMILES string of the molecule is CC(C)CNCC1CCC(CN(C)CC2CCC2)O1. The van der Waals surface area contributed by atoms with Crippen LogP contribution in [0.25, 0.3) is 0 Å². The Hall–Kier alpha value is -0.120. The van der Waals surface area contributed by atoms with Gasteiger partial charge < -0.3 is 15.0 Å². The average molecular weight is 268 g/mol. The zero-order chi connectivity index (χ0) is 13.7. The maximum absolute atomic E-state index is 6.14. The molecule has 2 fully saturated rings. The van der Waals surface area contributed by atoms with Gasteiger partial charge in [-0.3, -0.25) is 0 Å². The Bertz CT molecular complexity index is 253. The lowest BCUT2D eigenvalue weighted by Gasteiger charge is -2.31. The molecule has 0 bridgehead atoms. The van der Waals surface area contributed by atoms with Gasteiger partial charge in [-0.2, -0.15) is 0 Å². The van der Waals surface area contributed by atoms with Gasteiger partial charge >= 0.3 is 0 Å². The second kappa shape index (κ2) is 7.61. The minimum Gasteiger partial charge on any atom is -0.372 e. The van der Waals surface area contributed by atoms with E-state index in [9.17, 15) is 0 Å². The third-order valence-electron chi connectivity index (χ3n) is 4.43. The average Bonchev–Trinajstić information content (AvgIpc) is 2.71. The van der Waals surface area contributed by atoms with Gasteiger partial charge in [0, 0.05) is 19.6 Å². The van der Waals surface area contributed by atoms with Crippen LogP contribution in [0.3, 0.4) is 0 Å². The fourth-order valence-corrected chi connectivity index (χ4v) is 3.14. The molecule has 0 radical (unpaired) electrons. The van der Waals surface area contributed by atoms with E-state index in [-0.39, 0.29) is 0 Å². The molecule has 0 aromatic carbocycles. The zero-order valence-electron chi connectivity index (χ0n) is 13.0. The molecule has 1 N–H and O–H groups in total. The molecule has 0 aromatic heterocycles. The minimum absolute atomic E-state index is 0.445. The van der Waals surface area contributed by atoms with Gasteiger partial charge in [-0.1, -0.05) is 20.3 Å². The Morgan fingerprint density at radius 1 is 1.11 bits per heavy atom. The van der Waals surface area contributed by atoms with Gasteiger partial charge in [0.2, 0.25) is 0 Å². The molecule has 2 atom stereocenters. The number of nitrogens with zero attached hydrogens (tertiary/aromatic N) is 1. The van der Waals surface area contributed by atoms with Crippen molar-refractivity contribution in [1.82, 2.24) is 10.2 Å². The Kier molecular flexibility index (Phi) is 6.11. The van der Waals surface area contributed by atoms with Crippen LogP contribution < -0.4 is 5.32 Å². The first kappa shape index (κ1) is 15.3. The highest BCUT2D eigenvalue weighted by Gasteiger charge is 2.27. The second-order valence-electron chi connectivity index (χ2n) is 7.03. The second-order valence-corrected chi connectivity index (χ2v) is 7.03. The summed E-state index contributed by atoms with van der Waals surface area (Å²) in [4.78, 5) is 2.48. The van der Waals surface area contributed by atoms with E-state index in [0.717, 1.165) is 31.5 Å². The van der Waals surface area contributed by atoms with Crippen molar-refractivity contribution in [2.24, 2.45) is 11.8 Å². The fourth-order valence-electron chi connectivity index (χ4n) is 3.14. The van der Waals surface area contributed by atoms with Gasteiger partial charge in [0.25, 0.3) is 0 Å². The van der Waals surface area contributed by atoms with E-state index in [1.54, 1.807) is 0 Å². The molecule has 0 amide bonds. The largest absolute Gasteiger partial charge is 0.372 e. The molecular weight excluding hydrogens is 236 g/mol. The summed E-state index contributed by atoms with van der Waals surface area (Å²) in [6.45, 7) is 9.03. The number of nitrogens with one attached hydrogen (secondary N) is 1. The van der Waals surface area contributed by atoms with Gasteiger partial charge in [-0.05, 0) is 51.1 Å². The van der Waals surface area contributed by atoms with Crippen molar-refractivity contribution in [2.45, 2.75) is 58.2 Å². The maximum Gasteiger partial charge on any atom is 0.0707 e. The molecule has 3 nitrogen and oxygen atoms in total. The van der Waals surface area contributed by atoms with E-state index in [0.29, 0.717) is 12.2 Å². The standard InChI is InChI=1S/C16H32N2O/c1-13(2)9-17-10-15-7-8-16(19-15)12-18(3)11-14-5-4-6-14/h13-17H,4-12H2,1-3H3. The van der Waals surface area contributed by atoms with Crippen LogP contribution in [0.4, 0.5) is 0 Å². The highest BCUT2D eigenvalue weighted by atomic mass is 16.5. The van der Waals surface area contributed by atoms with Crippen LogP contribution in [0.5, 0.6) is 0 Å². The van der Waals surface area contributed by atoms with Gasteiger partial charge in [-0.25, -0.2) is 0 Å². The van der Waals surface area contributed by atoms with Crippen molar-refractivity contribution in [3.05, 3.63) is 0 Å². The van der Waals surface area contributed by atoms with Gasteiger partial charge in [0.1, 0.15) is 0 Å². The molecule has 1 aliphatic carbocycles. The first-order chi connectivity index (χ1) is 9.13. The van der Waals surface area contributed by atoms with E-state index in [4.69, 9.17) is 4.74 Å². The quantitative estimate of drug-likeness (QED) is 0.732. The van der Waals surface area contributed by atoms with Crippen molar-refractivity contribution in [3.8, 4) is 0 Å². The topological polar surface area (TPSA) is 24.5 Å². The summed E-state index contributed by atoms with van der Waals surface area (Å²) in [5, 5.41) is 3.51. The molecule has 1 aliphatic heterocycles. The molecule has 2 rings (SSSR count). The summed E-state index contributed by atoms with van der Waals surface area (Å²) in [6.07, 6.45) is 7.71. The van der Waals surface area contributed by atoms with Crippen molar-refractivity contribution < 1.29 is 4.74 Å². The molecule has 19 heavy (non-hydrogen) atoms. The molecule has 1 heterocycles. The summed E-state index contributed by atoms with van der Waals surface area (Å²) >= 11 is 0. The molecule has 1 saturated carbocycles. The van der Waals surface area contributed by atoms with E-state index in [1.165, 1.54) is 38.6 Å². The lowest BCUT2D eigenvalue weighted by Crippen LogP contribution is -2.36. The van der Waals surface area contributed by atoms with Crippen LogP contribution >= 0.6 is 0 Å². The van der Waals surface area contributed by atoms with E-state index in [1.807, 2.05) is 0 Å². The molecular formula is C16H32N2O. The van der Waals surface area contributed by atoms with Crippen LogP contribution in [0.1, 0.15) is 46.0 Å². The molecule has 0 aromatic rings. The van der Waals surface area contributed by atoms with Crippen molar-refractivity contribution in [3.63, 3.8) is 0 Å². The summed E-state index contributed by atoms with van der Waals surface area (Å²) in [5.41, 5.74) is 0. The monoisotopic (exact) mass is 268 g/mol. The molecule has 112 valence electrons. The third-order valence-corrected chi connectivity index (χ3v) is 4.43. The first-order valence-electron chi connectivity index (χ1n) is 8.18. The third kappa shape index (κ3) is 5.41. The van der Waals surface area contributed by atoms with Gasteiger partial charge in [-0.15, -0.1) is 0 Å². The van der Waals surface area contributed by atoms with E-state index in [2.05, 4.69) is 31.1 Å². The van der Waals surface area contributed by atoms with Crippen molar-refractivity contribution in [1.29, 1.82) is 0 Å². The van der Waals surface area contributed by atoms with E-state index >= 15 is 0 Å². The number of likely N-dealkylation sites (N-methyl/N-ethyl adjacent to an activating group) is 1. The lowest BCUT2D eigenvalue weighted by atomic mass is 9.85. The summed E-state index contributed by atoms with van der Waals surface area (Å²) in [6, 6.07) is 0. The van der Waals surface area contributed by atoms with Crippen LogP contribution in [-0.2, 0) is 4.74 Å². The number of ether oxygens (including phenoxy) is 1. The van der Waals surface area contributed by atoms with E-state index < -0.39 is 0 Å². The zero-order valence-corrected chi connectivity index (χ0v) is 13.0. The fraction of sp³-hybridized carbons (Fsp3) is 1.00. The van der Waals surface area contributed by atoms with Crippen molar-refractivity contribution >= 4 is 0 Å². The summed E-state index contributed by atoms with van der Waals surface area (Å²) < 4.78 is 6.14. The maximum atomic E-state index is 6.14. The number of hydrogen-bond acceptors (Lipinski definition) is 3. The lowest BCUT2D eigenvalue weighted by molar-refractivity contribution is 0.0231. The predicted octanol–water partition coefficient (Wildman–Crippen LogP) is 2.51. The predicted molar refractivity (Wildman–Crippen MR) is 80.4 cm³/mol. The van der Waals surface area contributed by atoms with Crippen molar-refractivity contribution in [2.75, 3.05) is 33.2 Å². The molecule has 2 aliphatic rings. The Balaban J connectivity index is 1.56. The smallest absolute Gasteiger partial charge is 0.0707 e. The molecule has 1 saturated heterocycles. The first-order valence-corrected chi connectivity index (χ1v) is 8.18. The van der Waals surface area contributed by atoms with Crippen LogP contribution in [0.15, 0.2) is 0 Å². The molecule has 0 spiro atoms. The Morgan fingerprint density at radius 3 is 2.47 bits per heavy atom. The Labute approximate surface area is 119 Å². The van der Waals surface area contributed by atoms with Crippen LogP contribution in [0, 0.1) is 11.8 Å². The summed E-state index contributed by atoms with van der Waals surface area (Å²) in [7, 11) is 2.26. The van der Waals surface area contributed by atoms with Gasteiger partial charge in [0.05, 0.1) is 12.2 Å². The molecule has 2 unspecified atom stereocenters. The highest BCUT2D eigenvalue weighted by Crippen LogP contribution is 2.27. The highest BCUT2D eigenvalue weighted by molar-refractivity contribution is 4.79. The molecule has 3 heteroatoms. The minimum atomic E-state index is 0.445. The number of hydrogen-bond donors (Lipinski definition) is 1. The van der Waals surface area contributed by atoms with Crippen LogP contribution in [0.2, 0.25) is 0 Å². The van der Waals surface area contributed by atoms with Crippen LogP contribution in [-0.4, -0.2) is 50.3 Å².